The largest absolute Gasteiger partial charge is 0.206 e. The Morgan fingerprint density at radius 2 is 1.58 bits per heavy atom. The fraction of sp³-hybridized carbons (Fsp3) is 0.478. The standard InChI is InChI=1S/C23H29F/c1-2-3-4-7-18-10-12-19(13-11-18)20-14-16-21(17-15-20)22-8-5-6-9-23(22)24/h5-6,8-9,14-19H,2-4,7,10-13H2,1H3. The summed E-state index contributed by atoms with van der Waals surface area (Å²) >= 11 is 0. The van der Waals surface area contributed by atoms with Gasteiger partial charge in [0.1, 0.15) is 5.82 Å². The van der Waals surface area contributed by atoms with Gasteiger partial charge in [0.05, 0.1) is 0 Å². The van der Waals surface area contributed by atoms with Crippen LogP contribution in [0, 0.1) is 11.7 Å². The molecule has 0 spiro atoms. The molecule has 0 radical (unpaired) electrons. The zero-order chi connectivity index (χ0) is 16.8. The second-order valence-electron chi connectivity index (χ2n) is 7.32. The molecule has 1 saturated carbocycles. The van der Waals surface area contributed by atoms with Crippen LogP contribution in [0.2, 0.25) is 0 Å². The normalized spacial score (nSPS) is 20.9. The number of halogens is 1. The van der Waals surface area contributed by atoms with Gasteiger partial charge in [-0.1, -0.05) is 75.1 Å². The van der Waals surface area contributed by atoms with Crippen LogP contribution >= 0.6 is 0 Å². The number of hydrogen-bond acceptors (Lipinski definition) is 0. The van der Waals surface area contributed by atoms with Crippen molar-refractivity contribution in [2.45, 2.75) is 64.2 Å². The van der Waals surface area contributed by atoms with E-state index in [-0.39, 0.29) is 5.82 Å². The van der Waals surface area contributed by atoms with Gasteiger partial charge in [0.25, 0.3) is 0 Å². The van der Waals surface area contributed by atoms with Crippen LogP contribution in [0.15, 0.2) is 48.5 Å². The smallest absolute Gasteiger partial charge is 0.131 e. The van der Waals surface area contributed by atoms with Gasteiger partial charge in [0, 0.05) is 5.56 Å². The maximum absolute atomic E-state index is 13.9. The Morgan fingerprint density at radius 1 is 0.875 bits per heavy atom. The van der Waals surface area contributed by atoms with E-state index in [1.165, 1.54) is 63.0 Å². The summed E-state index contributed by atoms with van der Waals surface area (Å²) in [6.07, 6.45) is 10.9. The van der Waals surface area contributed by atoms with E-state index in [0.717, 1.165) is 11.5 Å². The highest BCUT2D eigenvalue weighted by Gasteiger charge is 2.22. The molecule has 2 aromatic carbocycles. The predicted octanol–water partition coefficient (Wildman–Crippen LogP) is 7.35. The van der Waals surface area contributed by atoms with Crippen LogP contribution in [0.3, 0.4) is 0 Å². The van der Waals surface area contributed by atoms with Gasteiger partial charge < -0.3 is 0 Å². The summed E-state index contributed by atoms with van der Waals surface area (Å²) < 4.78 is 13.9. The summed E-state index contributed by atoms with van der Waals surface area (Å²) in [4.78, 5) is 0. The monoisotopic (exact) mass is 324 g/mol. The fourth-order valence-electron chi connectivity index (χ4n) is 4.10. The third-order valence-electron chi connectivity index (χ3n) is 5.63. The molecule has 1 aliphatic rings. The van der Waals surface area contributed by atoms with E-state index in [1.54, 1.807) is 6.07 Å². The molecule has 24 heavy (non-hydrogen) atoms. The zero-order valence-corrected chi connectivity index (χ0v) is 14.8. The van der Waals surface area contributed by atoms with E-state index in [2.05, 4.69) is 31.2 Å². The van der Waals surface area contributed by atoms with Crippen LogP contribution in [0.25, 0.3) is 11.1 Å². The number of hydrogen-bond donors (Lipinski definition) is 0. The van der Waals surface area contributed by atoms with Gasteiger partial charge in [-0.05, 0) is 54.7 Å². The Hall–Kier alpha value is -1.63. The highest BCUT2D eigenvalue weighted by molar-refractivity contribution is 5.64. The zero-order valence-electron chi connectivity index (χ0n) is 14.8. The number of unbranched alkanes of at least 4 members (excludes halogenated alkanes) is 2. The topological polar surface area (TPSA) is 0 Å². The lowest BCUT2D eigenvalue weighted by molar-refractivity contribution is 0.303. The third-order valence-corrected chi connectivity index (χ3v) is 5.63. The molecule has 0 atom stereocenters. The molecule has 0 amide bonds. The maximum Gasteiger partial charge on any atom is 0.131 e. The highest BCUT2D eigenvalue weighted by atomic mass is 19.1. The van der Waals surface area contributed by atoms with Crippen molar-refractivity contribution in [3.05, 3.63) is 59.9 Å². The molecule has 0 bridgehead atoms. The summed E-state index contributed by atoms with van der Waals surface area (Å²) in [7, 11) is 0. The molecule has 0 unspecified atom stereocenters. The molecule has 3 rings (SSSR count). The molecule has 0 aromatic heterocycles. The summed E-state index contributed by atoms with van der Waals surface area (Å²) in [6.45, 7) is 2.28. The Morgan fingerprint density at radius 3 is 2.25 bits per heavy atom. The molecule has 0 N–H and O–H groups in total. The molecule has 1 fully saturated rings. The molecule has 2 aromatic rings. The summed E-state index contributed by atoms with van der Waals surface area (Å²) in [5.74, 6) is 1.51. The fourth-order valence-corrected chi connectivity index (χ4v) is 4.10. The average Bonchev–Trinajstić information content (AvgIpc) is 2.63. The lowest BCUT2D eigenvalue weighted by atomic mass is 9.77. The van der Waals surface area contributed by atoms with Gasteiger partial charge in [-0.15, -0.1) is 0 Å². The van der Waals surface area contributed by atoms with E-state index in [4.69, 9.17) is 0 Å². The second kappa shape index (κ2) is 8.46. The Bertz CT molecular complexity index is 621. The van der Waals surface area contributed by atoms with Crippen LogP contribution in [0.1, 0.15) is 69.8 Å². The van der Waals surface area contributed by atoms with Crippen molar-refractivity contribution >= 4 is 0 Å². The molecule has 0 aliphatic heterocycles. The van der Waals surface area contributed by atoms with E-state index in [1.807, 2.05) is 12.1 Å². The van der Waals surface area contributed by atoms with Crippen molar-refractivity contribution < 1.29 is 4.39 Å². The Labute approximate surface area is 146 Å². The molecule has 1 aliphatic carbocycles. The van der Waals surface area contributed by atoms with Crippen molar-refractivity contribution in [2.24, 2.45) is 5.92 Å². The molecule has 0 heterocycles. The maximum atomic E-state index is 13.9. The van der Waals surface area contributed by atoms with Crippen molar-refractivity contribution in [1.82, 2.24) is 0 Å². The molecule has 0 nitrogen and oxygen atoms in total. The van der Waals surface area contributed by atoms with Crippen molar-refractivity contribution in [1.29, 1.82) is 0 Å². The van der Waals surface area contributed by atoms with Crippen molar-refractivity contribution in [3.8, 4) is 11.1 Å². The number of rotatable bonds is 6. The summed E-state index contributed by atoms with van der Waals surface area (Å²) in [5, 5.41) is 0. The van der Waals surface area contributed by atoms with Gasteiger partial charge in [0.2, 0.25) is 0 Å². The van der Waals surface area contributed by atoms with Gasteiger partial charge in [0.15, 0.2) is 0 Å². The highest BCUT2D eigenvalue weighted by Crippen LogP contribution is 2.38. The molecule has 0 saturated heterocycles. The predicted molar refractivity (Wildman–Crippen MR) is 101 cm³/mol. The third kappa shape index (κ3) is 4.26. The second-order valence-corrected chi connectivity index (χ2v) is 7.32. The average molecular weight is 324 g/mol. The van der Waals surface area contributed by atoms with Crippen LogP contribution in [-0.2, 0) is 0 Å². The first-order valence-corrected chi connectivity index (χ1v) is 9.62. The quantitative estimate of drug-likeness (QED) is 0.487. The van der Waals surface area contributed by atoms with Gasteiger partial charge in [-0.2, -0.15) is 0 Å². The molecule has 1 heteroatoms. The minimum Gasteiger partial charge on any atom is -0.206 e. The molecule has 128 valence electrons. The van der Waals surface area contributed by atoms with Crippen LogP contribution in [0.4, 0.5) is 4.39 Å². The van der Waals surface area contributed by atoms with Gasteiger partial charge in [-0.25, -0.2) is 4.39 Å². The lowest BCUT2D eigenvalue weighted by Crippen LogP contribution is -2.13. The number of benzene rings is 2. The van der Waals surface area contributed by atoms with E-state index < -0.39 is 0 Å². The van der Waals surface area contributed by atoms with Crippen LogP contribution in [-0.4, -0.2) is 0 Å². The minimum atomic E-state index is -0.141. The first kappa shape index (κ1) is 17.2. The first-order valence-electron chi connectivity index (χ1n) is 9.62. The van der Waals surface area contributed by atoms with Crippen molar-refractivity contribution in [3.63, 3.8) is 0 Å². The lowest BCUT2D eigenvalue weighted by Gasteiger charge is -2.29. The van der Waals surface area contributed by atoms with Gasteiger partial charge >= 0.3 is 0 Å². The first-order chi connectivity index (χ1) is 11.8. The Kier molecular flexibility index (Phi) is 6.07. The summed E-state index contributed by atoms with van der Waals surface area (Å²) in [6, 6.07) is 15.6. The van der Waals surface area contributed by atoms with E-state index >= 15 is 0 Å². The van der Waals surface area contributed by atoms with Crippen LogP contribution < -0.4 is 0 Å². The Balaban J connectivity index is 1.58. The summed E-state index contributed by atoms with van der Waals surface area (Å²) in [5.41, 5.74) is 3.11. The van der Waals surface area contributed by atoms with Crippen LogP contribution in [0.5, 0.6) is 0 Å². The SMILES string of the molecule is CCCCCC1CCC(c2ccc(-c3ccccc3F)cc2)CC1. The minimum absolute atomic E-state index is 0.141. The van der Waals surface area contributed by atoms with E-state index in [9.17, 15) is 4.39 Å². The van der Waals surface area contributed by atoms with E-state index in [0.29, 0.717) is 11.5 Å². The molecular weight excluding hydrogens is 295 g/mol. The van der Waals surface area contributed by atoms with Crippen molar-refractivity contribution in [2.75, 3.05) is 0 Å². The molecular formula is C23H29F. The van der Waals surface area contributed by atoms with Gasteiger partial charge in [-0.3, -0.25) is 0 Å².